The van der Waals surface area contributed by atoms with Crippen molar-refractivity contribution in [2.45, 2.75) is 25.9 Å². The van der Waals surface area contributed by atoms with Crippen molar-refractivity contribution < 1.29 is 9.53 Å². The van der Waals surface area contributed by atoms with Gasteiger partial charge in [-0.25, -0.2) is 0 Å². The van der Waals surface area contributed by atoms with E-state index in [4.69, 9.17) is 4.74 Å². The Morgan fingerprint density at radius 3 is 3.00 bits per heavy atom. The Kier molecular flexibility index (Phi) is 4.74. The van der Waals surface area contributed by atoms with E-state index in [1.54, 1.807) is 6.20 Å². The second-order valence-electron chi connectivity index (χ2n) is 6.58. The molecule has 1 aliphatic carbocycles. The lowest BCUT2D eigenvalue weighted by atomic mass is 10.1. The molecule has 5 heteroatoms. The van der Waals surface area contributed by atoms with E-state index < -0.39 is 0 Å². The zero-order chi connectivity index (χ0) is 15.5. The van der Waals surface area contributed by atoms with Crippen LogP contribution in [0.1, 0.15) is 28.9 Å². The predicted molar refractivity (Wildman–Crippen MR) is 84.8 cm³/mol. The summed E-state index contributed by atoms with van der Waals surface area (Å²) in [6, 6.07) is 3.79. The summed E-state index contributed by atoms with van der Waals surface area (Å²) in [4.78, 5) is 21.1. The standard InChI is InChI=1S/C17H25N3O2/c1-13-4-3-7-18-16(13)17(21)20-8-9-22-15(12-20)11-19(2)10-14-5-6-14/h3-4,7,14-15H,5-6,8-12H2,1-2H3/t15-/m0/s1. The largest absolute Gasteiger partial charge is 0.373 e. The molecule has 5 nitrogen and oxygen atoms in total. The van der Waals surface area contributed by atoms with Crippen LogP contribution in [0.2, 0.25) is 0 Å². The first-order chi connectivity index (χ1) is 10.6. The Labute approximate surface area is 132 Å². The number of aryl methyl sites for hydroxylation is 1. The molecule has 1 saturated heterocycles. The minimum atomic E-state index is 0.0243. The number of carbonyl (C=O) groups is 1. The second-order valence-corrected chi connectivity index (χ2v) is 6.58. The average Bonchev–Trinajstić information content (AvgIpc) is 3.31. The molecule has 120 valence electrons. The zero-order valence-corrected chi connectivity index (χ0v) is 13.5. The first-order valence-corrected chi connectivity index (χ1v) is 8.14. The van der Waals surface area contributed by atoms with E-state index in [9.17, 15) is 4.79 Å². The lowest BCUT2D eigenvalue weighted by molar-refractivity contribution is -0.0335. The molecule has 0 radical (unpaired) electrons. The van der Waals surface area contributed by atoms with Crippen LogP contribution in [0.15, 0.2) is 18.3 Å². The fourth-order valence-corrected chi connectivity index (χ4v) is 3.04. The average molecular weight is 303 g/mol. The minimum Gasteiger partial charge on any atom is -0.373 e. The van der Waals surface area contributed by atoms with Crippen LogP contribution in [0.25, 0.3) is 0 Å². The first kappa shape index (κ1) is 15.4. The summed E-state index contributed by atoms with van der Waals surface area (Å²) in [6.07, 6.45) is 4.51. The van der Waals surface area contributed by atoms with E-state index in [0.717, 1.165) is 24.6 Å². The topological polar surface area (TPSA) is 45.7 Å². The van der Waals surface area contributed by atoms with Crippen molar-refractivity contribution in [2.75, 3.05) is 39.8 Å². The zero-order valence-electron chi connectivity index (χ0n) is 13.5. The molecule has 22 heavy (non-hydrogen) atoms. The van der Waals surface area contributed by atoms with Gasteiger partial charge in [0.25, 0.3) is 5.91 Å². The molecule has 2 fully saturated rings. The van der Waals surface area contributed by atoms with Gasteiger partial charge in [0.05, 0.1) is 12.7 Å². The molecular formula is C17H25N3O2. The second kappa shape index (κ2) is 6.75. The molecule has 0 aromatic carbocycles. The van der Waals surface area contributed by atoms with Gasteiger partial charge < -0.3 is 14.5 Å². The fraction of sp³-hybridized carbons (Fsp3) is 0.647. The molecule has 1 aromatic heterocycles. The number of hydrogen-bond donors (Lipinski definition) is 0. The van der Waals surface area contributed by atoms with Crippen molar-refractivity contribution in [3.63, 3.8) is 0 Å². The van der Waals surface area contributed by atoms with Crippen molar-refractivity contribution in [3.05, 3.63) is 29.6 Å². The van der Waals surface area contributed by atoms with Crippen LogP contribution in [0.4, 0.5) is 0 Å². The van der Waals surface area contributed by atoms with Gasteiger partial charge in [-0.3, -0.25) is 9.78 Å². The summed E-state index contributed by atoms with van der Waals surface area (Å²) in [5, 5.41) is 0. The van der Waals surface area contributed by atoms with E-state index in [1.807, 2.05) is 24.0 Å². The third-order valence-corrected chi connectivity index (χ3v) is 4.42. The summed E-state index contributed by atoms with van der Waals surface area (Å²) in [7, 11) is 2.14. The first-order valence-electron chi connectivity index (χ1n) is 8.14. The van der Waals surface area contributed by atoms with Crippen LogP contribution in [0.5, 0.6) is 0 Å². The van der Waals surface area contributed by atoms with Crippen LogP contribution in [-0.4, -0.2) is 66.6 Å². The molecule has 1 aromatic rings. The lowest BCUT2D eigenvalue weighted by Gasteiger charge is -2.35. The highest BCUT2D eigenvalue weighted by Crippen LogP contribution is 2.29. The van der Waals surface area contributed by atoms with E-state index in [1.165, 1.54) is 12.8 Å². The number of likely N-dealkylation sites (N-methyl/N-ethyl adjacent to an activating group) is 1. The molecule has 1 saturated carbocycles. The molecular weight excluding hydrogens is 278 g/mol. The van der Waals surface area contributed by atoms with Crippen molar-refractivity contribution in [3.8, 4) is 0 Å². The molecule has 3 rings (SSSR count). The van der Waals surface area contributed by atoms with Gasteiger partial charge in [0.1, 0.15) is 5.69 Å². The monoisotopic (exact) mass is 303 g/mol. The number of amides is 1. The maximum absolute atomic E-state index is 12.6. The minimum absolute atomic E-state index is 0.0243. The molecule has 1 aliphatic heterocycles. The summed E-state index contributed by atoms with van der Waals surface area (Å²) in [6.45, 7) is 5.89. The van der Waals surface area contributed by atoms with Gasteiger partial charge in [-0.05, 0) is 44.4 Å². The number of hydrogen-bond acceptors (Lipinski definition) is 4. The number of pyridine rings is 1. The Morgan fingerprint density at radius 2 is 2.27 bits per heavy atom. The highest BCUT2D eigenvalue weighted by Gasteiger charge is 2.29. The highest BCUT2D eigenvalue weighted by molar-refractivity contribution is 5.93. The van der Waals surface area contributed by atoms with Gasteiger partial charge in [0, 0.05) is 32.4 Å². The van der Waals surface area contributed by atoms with E-state index in [-0.39, 0.29) is 12.0 Å². The fourth-order valence-electron chi connectivity index (χ4n) is 3.04. The highest BCUT2D eigenvalue weighted by atomic mass is 16.5. The van der Waals surface area contributed by atoms with E-state index >= 15 is 0 Å². The molecule has 1 atom stereocenters. The van der Waals surface area contributed by atoms with Gasteiger partial charge in [-0.1, -0.05) is 6.07 Å². The van der Waals surface area contributed by atoms with Crippen LogP contribution in [0, 0.1) is 12.8 Å². The molecule has 2 heterocycles. The molecule has 0 bridgehead atoms. The summed E-state index contributed by atoms with van der Waals surface area (Å²) in [5.74, 6) is 0.902. The Bertz CT molecular complexity index is 530. The van der Waals surface area contributed by atoms with Crippen LogP contribution >= 0.6 is 0 Å². The third-order valence-electron chi connectivity index (χ3n) is 4.42. The Balaban J connectivity index is 1.57. The lowest BCUT2D eigenvalue weighted by Crippen LogP contribution is -2.49. The van der Waals surface area contributed by atoms with Gasteiger partial charge in [0.15, 0.2) is 0 Å². The number of nitrogens with zero attached hydrogens (tertiary/aromatic N) is 3. The molecule has 2 aliphatic rings. The van der Waals surface area contributed by atoms with E-state index in [2.05, 4.69) is 16.9 Å². The van der Waals surface area contributed by atoms with E-state index in [0.29, 0.717) is 25.4 Å². The predicted octanol–water partition coefficient (Wildman–Crippen LogP) is 1.57. The van der Waals surface area contributed by atoms with Crippen molar-refractivity contribution in [1.29, 1.82) is 0 Å². The molecule has 0 N–H and O–H groups in total. The van der Waals surface area contributed by atoms with Gasteiger partial charge in [-0.15, -0.1) is 0 Å². The van der Waals surface area contributed by atoms with Gasteiger partial charge in [0.2, 0.25) is 0 Å². The molecule has 1 amide bonds. The van der Waals surface area contributed by atoms with Crippen molar-refractivity contribution >= 4 is 5.91 Å². The quantitative estimate of drug-likeness (QED) is 0.828. The van der Waals surface area contributed by atoms with Crippen LogP contribution < -0.4 is 0 Å². The number of morpholine rings is 1. The number of rotatable bonds is 5. The maximum Gasteiger partial charge on any atom is 0.272 e. The SMILES string of the molecule is Cc1cccnc1C(=O)N1CCO[C@@H](CN(C)CC2CC2)C1. The normalized spacial score (nSPS) is 22.1. The van der Waals surface area contributed by atoms with Gasteiger partial charge in [-0.2, -0.15) is 0 Å². The Morgan fingerprint density at radius 1 is 1.45 bits per heavy atom. The molecule has 0 unspecified atom stereocenters. The smallest absolute Gasteiger partial charge is 0.272 e. The number of carbonyl (C=O) groups excluding carboxylic acids is 1. The van der Waals surface area contributed by atoms with Gasteiger partial charge >= 0.3 is 0 Å². The maximum atomic E-state index is 12.6. The number of ether oxygens (including phenoxy) is 1. The summed E-state index contributed by atoms with van der Waals surface area (Å²) >= 11 is 0. The van der Waals surface area contributed by atoms with Crippen molar-refractivity contribution in [2.24, 2.45) is 5.92 Å². The van der Waals surface area contributed by atoms with Crippen molar-refractivity contribution in [1.82, 2.24) is 14.8 Å². The summed E-state index contributed by atoms with van der Waals surface area (Å²) < 4.78 is 5.84. The molecule has 0 spiro atoms. The number of aromatic nitrogens is 1. The van der Waals surface area contributed by atoms with Crippen LogP contribution in [-0.2, 0) is 4.74 Å². The van der Waals surface area contributed by atoms with Crippen LogP contribution in [0.3, 0.4) is 0 Å². The summed E-state index contributed by atoms with van der Waals surface area (Å²) in [5.41, 5.74) is 1.50. The Hall–Kier alpha value is -1.46. The third kappa shape index (κ3) is 3.84.